The molecule has 0 radical (unpaired) electrons. The van der Waals surface area contributed by atoms with Gasteiger partial charge in [0, 0.05) is 30.3 Å². The predicted octanol–water partition coefficient (Wildman–Crippen LogP) is 4.30. The highest BCUT2D eigenvalue weighted by molar-refractivity contribution is 6.74. The minimum atomic E-state index is -1.79. The van der Waals surface area contributed by atoms with Crippen molar-refractivity contribution in [1.29, 1.82) is 0 Å². The summed E-state index contributed by atoms with van der Waals surface area (Å²) >= 11 is 0. The smallest absolute Gasteiger partial charge is 0.354 e. The first-order valence-corrected chi connectivity index (χ1v) is 13.1. The van der Waals surface area contributed by atoms with Crippen molar-refractivity contribution in [2.24, 2.45) is 0 Å². The zero-order valence-electron chi connectivity index (χ0n) is 18.2. The number of aliphatic hydroxyl groups is 1. The van der Waals surface area contributed by atoms with Crippen LogP contribution in [0.15, 0.2) is 6.07 Å². The first-order valence-electron chi connectivity index (χ1n) is 10.2. The molecule has 6 heteroatoms. The molecule has 1 aliphatic heterocycles. The number of hydrogen-bond donors (Lipinski definition) is 1. The SMILES string of the molecule is COC(=O)c1cc(C#CCO)c2n1CCCC[C@@H]2CCO[Si](C)(C)C(C)(C)C. The second-order valence-corrected chi connectivity index (χ2v) is 13.8. The third-order valence-electron chi connectivity index (χ3n) is 6.14. The molecule has 1 N–H and O–H groups in total. The lowest BCUT2D eigenvalue weighted by molar-refractivity contribution is 0.0588. The topological polar surface area (TPSA) is 60.7 Å². The molecule has 0 saturated carbocycles. The Balaban J connectivity index is 2.31. The van der Waals surface area contributed by atoms with E-state index in [0.717, 1.165) is 43.5 Å². The molecule has 0 unspecified atom stereocenters. The van der Waals surface area contributed by atoms with Gasteiger partial charge in [-0.25, -0.2) is 4.79 Å². The van der Waals surface area contributed by atoms with E-state index < -0.39 is 8.32 Å². The lowest BCUT2D eigenvalue weighted by Gasteiger charge is -2.36. The molecule has 0 bridgehead atoms. The first-order chi connectivity index (χ1) is 13.1. The molecule has 0 amide bonds. The molecule has 0 saturated heterocycles. The highest BCUT2D eigenvalue weighted by Crippen LogP contribution is 2.38. The fourth-order valence-corrected chi connectivity index (χ4v) is 4.57. The van der Waals surface area contributed by atoms with Gasteiger partial charge in [0.1, 0.15) is 12.3 Å². The van der Waals surface area contributed by atoms with E-state index in [-0.39, 0.29) is 23.5 Å². The standard InChI is InChI=1S/C22H35NO4Si/c1-22(2,3)28(5,6)27-15-12-17-10-7-8-13-23-19(21(25)26-4)16-18(20(17)23)11-9-14-24/h16-17,24H,7-8,10,12-15H2,1-6H3/t17-/m1/s1. The second-order valence-electron chi connectivity index (χ2n) is 9.02. The van der Waals surface area contributed by atoms with Crippen LogP contribution in [0.3, 0.4) is 0 Å². The van der Waals surface area contributed by atoms with Crippen LogP contribution in [0.25, 0.3) is 0 Å². The summed E-state index contributed by atoms with van der Waals surface area (Å²) in [6.45, 7) is 12.6. The van der Waals surface area contributed by atoms with Gasteiger partial charge in [0.2, 0.25) is 0 Å². The molecule has 2 heterocycles. The van der Waals surface area contributed by atoms with Crippen LogP contribution in [0.4, 0.5) is 0 Å². The fourth-order valence-electron chi connectivity index (χ4n) is 3.50. The van der Waals surface area contributed by atoms with Gasteiger partial charge >= 0.3 is 5.97 Å². The van der Waals surface area contributed by atoms with Crippen LogP contribution in [-0.4, -0.2) is 44.3 Å². The molecule has 156 valence electrons. The van der Waals surface area contributed by atoms with Crippen LogP contribution in [0.2, 0.25) is 18.1 Å². The van der Waals surface area contributed by atoms with E-state index in [4.69, 9.17) is 14.3 Å². The third kappa shape index (κ3) is 5.08. The number of rotatable bonds is 5. The zero-order valence-corrected chi connectivity index (χ0v) is 19.2. The van der Waals surface area contributed by atoms with Crippen molar-refractivity contribution in [3.63, 3.8) is 0 Å². The Morgan fingerprint density at radius 1 is 1.36 bits per heavy atom. The van der Waals surface area contributed by atoms with Crippen molar-refractivity contribution in [2.45, 2.75) is 77.0 Å². The highest BCUT2D eigenvalue weighted by atomic mass is 28.4. The van der Waals surface area contributed by atoms with Crippen LogP contribution in [0, 0.1) is 11.8 Å². The van der Waals surface area contributed by atoms with Crippen LogP contribution in [-0.2, 0) is 15.7 Å². The summed E-state index contributed by atoms with van der Waals surface area (Å²) in [6, 6.07) is 1.82. The Labute approximate surface area is 170 Å². The molecule has 0 fully saturated rings. The van der Waals surface area contributed by atoms with E-state index in [2.05, 4.69) is 50.3 Å². The zero-order chi connectivity index (χ0) is 20.9. The van der Waals surface area contributed by atoms with Crippen molar-refractivity contribution in [3.05, 3.63) is 23.0 Å². The summed E-state index contributed by atoms with van der Waals surface area (Å²) in [5, 5.41) is 9.32. The van der Waals surface area contributed by atoms with Crippen LogP contribution < -0.4 is 0 Å². The first kappa shape index (κ1) is 22.7. The van der Waals surface area contributed by atoms with Crippen molar-refractivity contribution in [3.8, 4) is 11.8 Å². The molecule has 0 aromatic carbocycles. The number of fused-ring (bicyclic) bond motifs is 1. The summed E-state index contributed by atoms with van der Waals surface area (Å²) in [5.41, 5.74) is 2.48. The minimum absolute atomic E-state index is 0.187. The van der Waals surface area contributed by atoms with E-state index in [1.54, 1.807) is 0 Å². The minimum Gasteiger partial charge on any atom is -0.464 e. The van der Waals surface area contributed by atoms with Crippen molar-refractivity contribution in [1.82, 2.24) is 4.57 Å². The number of nitrogens with zero attached hydrogens (tertiary/aromatic N) is 1. The average molecular weight is 406 g/mol. The predicted molar refractivity (Wildman–Crippen MR) is 114 cm³/mol. The number of methoxy groups -OCH3 is 1. The molecule has 5 nitrogen and oxygen atoms in total. The summed E-state index contributed by atoms with van der Waals surface area (Å²) in [6.07, 6.45) is 4.10. The Kier molecular flexibility index (Phi) is 7.55. The lowest BCUT2D eigenvalue weighted by Crippen LogP contribution is -2.41. The van der Waals surface area contributed by atoms with Crippen molar-refractivity contribution < 1.29 is 19.1 Å². The monoisotopic (exact) mass is 405 g/mol. The molecule has 0 spiro atoms. The maximum Gasteiger partial charge on any atom is 0.354 e. The Morgan fingerprint density at radius 3 is 2.68 bits per heavy atom. The number of carbonyl (C=O) groups is 1. The largest absolute Gasteiger partial charge is 0.464 e. The second kappa shape index (κ2) is 9.30. The van der Waals surface area contributed by atoms with Gasteiger partial charge in [0.15, 0.2) is 8.32 Å². The quantitative estimate of drug-likeness (QED) is 0.451. The molecule has 1 aromatic heterocycles. The van der Waals surface area contributed by atoms with E-state index in [0.29, 0.717) is 12.3 Å². The number of hydrogen-bond acceptors (Lipinski definition) is 4. The van der Waals surface area contributed by atoms with E-state index in [1.807, 2.05) is 6.07 Å². The maximum absolute atomic E-state index is 12.3. The van der Waals surface area contributed by atoms with E-state index in [1.165, 1.54) is 7.11 Å². The van der Waals surface area contributed by atoms with Crippen LogP contribution in [0.1, 0.15) is 74.1 Å². The highest BCUT2D eigenvalue weighted by Gasteiger charge is 2.37. The summed E-state index contributed by atoms with van der Waals surface area (Å²) < 4.78 is 13.5. The van der Waals surface area contributed by atoms with Gasteiger partial charge in [-0.3, -0.25) is 0 Å². The third-order valence-corrected chi connectivity index (χ3v) is 10.7. The van der Waals surface area contributed by atoms with Gasteiger partial charge < -0.3 is 18.8 Å². The van der Waals surface area contributed by atoms with Gasteiger partial charge in [0.25, 0.3) is 0 Å². The van der Waals surface area contributed by atoms with Gasteiger partial charge in [-0.2, -0.15) is 0 Å². The van der Waals surface area contributed by atoms with Gasteiger partial charge in [-0.1, -0.05) is 39.0 Å². The number of carbonyl (C=O) groups excluding carboxylic acids is 1. The van der Waals surface area contributed by atoms with Gasteiger partial charge in [-0.15, -0.1) is 0 Å². The Hall–Kier alpha value is -1.55. The van der Waals surface area contributed by atoms with Gasteiger partial charge in [-0.05, 0) is 43.5 Å². The molecule has 28 heavy (non-hydrogen) atoms. The molecule has 2 rings (SSSR count). The normalized spacial score (nSPS) is 17.3. The number of esters is 1. The molecular formula is C22H35NO4Si. The summed E-state index contributed by atoms with van der Waals surface area (Å²) in [4.78, 5) is 12.3. The molecular weight excluding hydrogens is 370 g/mol. The Bertz CT molecular complexity index is 749. The van der Waals surface area contributed by atoms with E-state index >= 15 is 0 Å². The van der Waals surface area contributed by atoms with Crippen molar-refractivity contribution in [2.75, 3.05) is 20.3 Å². The summed E-state index contributed by atoms with van der Waals surface area (Å²) in [7, 11) is -0.383. The van der Waals surface area contributed by atoms with E-state index in [9.17, 15) is 4.79 Å². The fraction of sp³-hybridized carbons (Fsp3) is 0.682. The lowest BCUT2D eigenvalue weighted by atomic mass is 9.94. The molecule has 1 aromatic rings. The molecule has 0 aliphatic carbocycles. The summed E-state index contributed by atoms with van der Waals surface area (Å²) in [5.74, 6) is 5.74. The number of aliphatic hydroxyl groups excluding tert-OH is 1. The van der Waals surface area contributed by atoms with Crippen LogP contribution in [0.5, 0.6) is 0 Å². The van der Waals surface area contributed by atoms with Crippen molar-refractivity contribution >= 4 is 14.3 Å². The molecule has 1 aliphatic rings. The Morgan fingerprint density at radius 2 is 2.07 bits per heavy atom. The molecule has 1 atom stereocenters. The van der Waals surface area contributed by atoms with Crippen LogP contribution >= 0.6 is 0 Å². The maximum atomic E-state index is 12.3. The average Bonchev–Trinajstić information content (AvgIpc) is 2.85. The van der Waals surface area contributed by atoms with Gasteiger partial charge in [0.05, 0.1) is 7.11 Å². The number of aromatic nitrogens is 1. The number of ether oxygens (including phenoxy) is 1.